The molecule has 2 aromatic rings. The van der Waals surface area contributed by atoms with Crippen molar-refractivity contribution in [1.29, 1.82) is 0 Å². The number of aryl methyl sites for hydroxylation is 1. The van der Waals surface area contributed by atoms with E-state index in [2.05, 4.69) is 5.16 Å². The third kappa shape index (κ3) is 2.54. The number of para-hydroxylation sites is 1. The van der Waals surface area contributed by atoms with Crippen molar-refractivity contribution in [2.45, 2.75) is 6.92 Å². The van der Waals surface area contributed by atoms with Crippen molar-refractivity contribution in [3.8, 4) is 0 Å². The SMILES string of the molecule is COC(=O)c1ccccc1N(C)C(=O)c1cc(C)no1. The average Bonchev–Trinajstić information content (AvgIpc) is 2.91. The first-order valence-corrected chi connectivity index (χ1v) is 5.93. The molecule has 1 heterocycles. The van der Waals surface area contributed by atoms with E-state index in [9.17, 15) is 9.59 Å². The lowest BCUT2D eigenvalue weighted by Crippen LogP contribution is -2.27. The third-order valence-corrected chi connectivity index (χ3v) is 2.81. The monoisotopic (exact) mass is 274 g/mol. The predicted molar refractivity (Wildman–Crippen MR) is 71.8 cm³/mol. The van der Waals surface area contributed by atoms with Gasteiger partial charge in [0.25, 0.3) is 5.91 Å². The van der Waals surface area contributed by atoms with E-state index >= 15 is 0 Å². The van der Waals surface area contributed by atoms with Crippen LogP contribution in [0.2, 0.25) is 0 Å². The summed E-state index contributed by atoms with van der Waals surface area (Å²) in [5, 5.41) is 3.67. The highest BCUT2D eigenvalue weighted by atomic mass is 16.5. The largest absolute Gasteiger partial charge is 0.465 e. The molecule has 6 heteroatoms. The molecular weight excluding hydrogens is 260 g/mol. The van der Waals surface area contributed by atoms with Crippen molar-refractivity contribution in [2.24, 2.45) is 0 Å². The van der Waals surface area contributed by atoms with Gasteiger partial charge in [-0.3, -0.25) is 4.79 Å². The summed E-state index contributed by atoms with van der Waals surface area (Å²) >= 11 is 0. The highest BCUT2D eigenvalue weighted by Gasteiger charge is 2.22. The Kier molecular flexibility index (Phi) is 3.84. The van der Waals surface area contributed by atoms with E-state index < -0.39 is 5.97 Å². The van der Waals surface area contributed by atoms with Crippen molar-refractivity contribution in [3.05, 3.63) is 47.3 Å². The summed E-state index contributed by atoms with van der Waals surface area (Å²) in [5.74, 6) is -0.777. The molecule has 0 unspecified atom stereocenters. The zero-order valence-corrected chi connectivity index (χ0v) is 11.4. The van der Waals surface area contributed by atoms with Crippen LogP contribution in [0.5, 0.6) is 0 Å². The molecule has 0 spiro atoms. The normalized spacial score (nSPS) is 10.2. The molecule has 0 radical (unpaired) electrons. The molecule has 1 amide bonds. The van der Waals surface area contributed by atoms with E-state index in [1.807, 2.05) is 0 Å². The van der Waals surface area contributed by atoms with Crippen molar-refractivity contribution in [3.63, 3.8) is 0 Å². The second-order valence-electron chi connectivity index (χ2n) is 4.21. The first-order chi connectivity index (χ1) is 9.54. The second kappa shape index (κ2) is 5.56. The fraction of sp³-hybridized carbons (Fsp3) is 0.214. The van der Waals surface area contributed by atoms with Crippen LogP contribution < -0.4 is 4.90 Å². The summed E-state index contributed by atoms with van der Waals surface area (Å²) < 4.78 is 9.64. The summed E-state index contributed by atoms with van der Waals surface area (Å²) in [6.45, 7) is 1.72. The maximum Gasteiger partial charge on any atom is 0.339 e. The minimum absolute atomic E-state index is 0.115. The van der Waals surface area contributed by atoms with Gasteiger partial charge in [-0.25, -0.2) is 4.79 Å². The number of aromatic nitrogens is 1. The number of carbonyl (C=O) groups is 2. The number of carbonyl (C=O) groups excluding carboxylic acids is 2. The Labute approximate surface area is 115 Å². The van der Waals surface area contributed by atoms with E-state index in [4.69, 9.17) is 9.26 Å². The fourth-order valence-corrected chi connectivity index (χ4v) is 1.79. The maximum absolute atomic E-state index is 12.3. The Hall–Kier alpha value is -2.63. The molecule has 0 saturated heterocycles. The average molecular weight is 274 g/mol. The highest BCUT2D eigenvalue weighted by Crippen LogP contribution is 2.22. The van der Waals surface area contributed by atoms with Crippen LogP contribution in [-0.4, -0.2) is 31.2 Å². The lowest BCUT2D eigenvalue weighted by atomic mass is 10.1. The van der Waals surface area contributed by atoms with Crippen LogP contribution in [0.3, 0.4) is 0 Å². The summed E-state index contributed by atoms with van der Waals surface area (Å²) in [6, 6.07) is 8.23. The molecule has 0 saturated carbocycles. The lowest BCUT2D eigenvalue weighted by Gasteiger charge is -2.18. The molecule has 1 aromatic heterocycles. The number of hydrogen-bond acceptors (Lipinski definition) is 5. The van der Waals surface area contributed by atoms with E-state index in [0.717, 1.165) is 0 Å². The Morgan fingerprint density at radius 3 is 2.60 bits per heavy atom. The van der Waals surface area contributed by atoms with Crippen LogP contribution in [0.15, 0.2) is 34.9 Å². The first-order valence-electron chi connectivity index (χ1n) is 5.93. The van der Waals surface area contributed by atoms with E-state index in [1.54, 1.807) is 44.3 Å². The number of anilines is 1. The molecule has 0 N–H and O–H groups in total. The maximum atomic E-state index is 12.3. The van der Waals surface area contributed by atoms with Gasteiger partial charge in [0.05, 0.1) is 24.1 Å². The molecule has 0 aliphatic heterocycles. The minimum Gasteiger partial charge on any atom is -0.465 e. The molecule has 0 bridgehead atoms. The van der Waals surface area contributed by atoms with Crippen LogP contribution in [0.25, 0.3) is 0 Å². The van der Waals surface area contributed by atoms with Crippen LogP contribution in [0, 0.1) is 6.92 Å². The molecule has 0 aliphatic carbocycles. The molecule has 1 aromatic carbocycles. The molecule has 0 atom stereocenters. The van der Waals surface area contributed by atoms with Gasteiger partial charge in [-0.1, -0.05) is 17.3 Å². The summed E-state index contributed by atoms with van der Waals surface area (Å²) in [4.78, 5) is 25.3. The van der Waals surface area contributed by atoms with Gasteiger partial charge in [-0.15, -0.1) is 0 Å². The number of ether oxygens (including phenoxy) is 1. The lowest BCUT2D eigenvalue weighted by molar-refractivity contribution is 0.0601. The molecule has 104 valence electrons. The highest BCUT2D eigenvalue weighted by molar-refractivity contribution is 6.07. The zero-order chi connectivity index (χ0) is 14.7. The van der Waals surface area contributed by atoms with E-state index in [-0.39, 0.29) is 11.7 Å². The summed E-state index contributed by atoms with van der Waals surface area (Å²) in [7, 11) is 2.85. The summed E-state index contributed by atoms with van der Waals surface area (Å²) in [5.41, 5.74) is 1.36. The fourth-order valence-electron chi connectivity index (χ4n) is 1.79. The number of benzene rings is 1. The van der Waals surface area contributed by atoms with Crippen molar-refractivity contribution in [2.75, 3.05) is 19.1 Å². The van der Waals surface area contributed by atoms with Crippen LogP contribution in [-0.2, 0) is 4.74 Å². The van der Waals surface area contributed by atoms with Gasteiger partial charge in [0.1, 0.15) is 0 Å². The standard InChI is InChI=1S/C14H14N2O4/c1-9-8-12(20-15-9)13(17)16(2)11-7-5-4-6-10(11)14(18)19-3/h4-8H,1-3H3. The number of amides is 1. The molecule has 0 aliphatic rings. The van der Waals surface area contributed by atoms with Crippen LogP contribution in [0.4, 0.5) is 5.69 Å². The Bertz CT molecular complexity index is 648. The Balaban J connectivity index is 2.36. The van der Waals surface area contributed by atoms with Gasteiger partial charge in [-0.2, -0.15) is 0 Å². The van der Waals surface area contributed by atoms with Crippen molar-refractivity contribution >= 4 is 17.6 Å². The van der Waals surface area contributed by atoms with Gasteiger partial charge < -0.3 is 14.2 Å². The van der Waals surface area contributed by atoms with Gasteiger partial charge >= 0.3 is 5.97 Å². The number of nitrogens with zero attached hydrogens (tertiary/aromatic N) is 2. The number of esters is 1. The van der Waals surface area contributed by atoms with Crippen molar-refractivity contribution < 1.29 is 18.8 Å². The number of rotatable bonds is 3. The smallest absolute Gasteiger partial charge is 0.339 e. The van der Waals surface area contributed by atoms with Crippen molar-refractivity contribution in [1.82, 2.24) is 5.16 Å². The second-order valence-corrected chi connectivity index (χ2v) is 4.21. The van der Waals surface area contributed by atoms with Gasteiger partial charge in [0.2, 0.25) is 5.76 Å². The van der Waals surface area contributed by atoms with Crippen LogP contribution >= 0.6 is 0 Å². The summed E-state index contributed by atoms with van der Waals surface area (Å²) in [6.07, 6.45) is 0. The van der Waals surface area contributed by atoms with Gasteiger partial charge in [-0.05, 0) is 19.1 Å². The topological polar surface area (TPSA) is 72.6 Å². The minimum atomic E-state index is -0.506. The van der Waals surface area contributed by atoms with E-state index in [0.29, 0.717) is 16.9 Å². The molecule has 0 fully saturated rings. The molecule has 20 heavy (non-hydrogen) atoms. The predicted octanol–water partition coefficient (Wildman–Crippen LogP) is 2.05. The first kappa shape index (κ1) is 13.8. The number of hydrogen-bond donors (Lipinski definition) is 0. The Morgan fingerprint density at radius 1 is 1.30 bits per heavy atom. The zero-order valence-electron chi connectivity index (χ0n) is 11.4. The molecule has 2 rings (SSSR count). The third-order valence-electron chi connectivity index (χ3n) is 2.81. The van der Waals surface area contributed by atoms with Crippen LogP contribution in [0.1, 0.15) is 26.6 Å². The van der Waals surface area contributed by atoms with Gasteiger partial charge in [0, 0.05) is 13.1 Å². The number of methoxy groups -OCH3 is 1. The quantitative estimate of drug-likeness (QED) is 0.801. The van der Waals surface area contributed by atoms with Gasteiger partial charge in [0.15, 0.2) is 0 Å². The Morgan fingerprint density at radius 2 is 2.00 bits per heavy atom. The molecule has 6 nitrogen and oxygen atoms in total. The molecular formula is C14H14N2O4. The van der Waals surface area contributed by atoms with E-state index in [1.165, 1.54) is 12.0 Å².